The minimum atomic E-state index is -0.0920. The average molecular weight is 157 g/mol. The zero-order chi connectivity index (χ0) is 8.43. The van der Waals surface area contributed by atoms with E-state index in [9.17, 15) is 4.79 Å². The number of hydrogen-bond donors (Lipinski definition) is 0. The molecule has 2 unspecified atom stereocenters. The van der Waals surface area contributed by atoms with Crippen LogP contribution in [0.2, 0.25) is 0 Å². The third-order valence-corrected chi connectivity index (χ3v) is 1.79. The predicted octanol–water partition coefficient (Wildman–Crippen LogP) is 0.500. The van der Waals surface area contributed by atoms with Gasteiger partial charge in [-0.05, 0) is 5.92 Å². The molecule has 0 spiro atoms. The Bertz CT molecular complexity index is 156. The third-order valence-electron chi connectivity index (χ3n) is 1.79. The Hall–Kier alpha value is -0.570. The average Bonchev–Trinajstić information content (AvgIpc) is 2.65. The molecule has 0 N–H and O–H groups in total. The molecule has 1 rings (SSSR count). The van der Waals surface area contributed by atoms with Gasteiger partial charge in [-0.25, -0.2) is 0 Å². The molecule has 0 aromatic rings. The molecule has 1 fully saturated rings. The molecule has 64 valence electrons. The van der Waals surface area contributed by atoms with Crippen molar-refractivity contribution in [2.75, 3.05) is 20.2 Å². The van der Waals surface area contributed by atoms with Crippen molar-refractivity contribution in [1.82, 2.24) is 4.90 Å². The zero-order valence-corrected chi connectivity index (χ0v) is 7.33. The number of methoxy groups -OCH3 is 1. The van der Waals surface area contributed by atoms with Crippen LogP contribution in [0.4, 0.5) is 0 Å². The lowest BCUT2D eigenvalue weighted by Gasteiger charge is -2.04. The lowest BCUT2D eigenvalue weighted by molar-refractivity contribution is -0.140. The highest BCUT2D eigenvalue weighted by molar-refractivity contribution is 5.78. The fourth-order valence-corrected chi connectivity index (χ4v) is 1.21. The molecule has 0 radical (unpaired) electrons. The van der Waals surface area contributed by atoms with Gasteiger partial charge < -0.3 is 4.74 Å². The first kappa shape index (κ1) is 8.53. The van der Waals surface area contributed by atoms with Gasteiger partial charge in [0.2, 0.25) is 0 Å². The SMILES string of the molecule is COC(=O)C1CN1CC(C)C. The van der Waals surface area contributed by atoms with Gasteiger partial charge in [0, 0.05) is 13.1 Å². The fraction of sp³-hybridized carbons (Fsp3) is 0.875. The summed E-state index contributed by atoms with van der Waals surface area (Å²) in [6.45, 7) is 6.17. The highest BCUT2D eigenvalue weighted by Gasteiger charge is 2.41. The maximum Gasteiger partial charge on any atom is 0.324 e. The molecule has 1 heterocycles. The zero-order valence-electron chi connectivity index (χ0n) is 7.33. The van der Waals surface area contributed by atoms with Crippen LogP contribution in [0.1, 0.15) is 13.8 Å². The molecule has 0 aliphatic carbocycles. The Labute approximate surface area is 67.3 Å². The second-order valence-electron chi connectivity index (χ2n) is 3.39. The fourth-order valence-electron chi connectivity index (χ4n) is 1.21. The third kappa shape index (κ3) is 2.19. The molecule has 2 atom stereocenters. The highest BCUT2D eigenvalue weighted by Crippen LogP contribution is 2.19. The van der Waals surface area contributed by atoms with Gasteiger partial charge in [0.15, 0.2) is 0 Å². The minimum absolute atomic E-state index is 0.0578. The Balaban J connectivity index is 2.21. The van der Waals surface area contributed by atoms with E-state index in [1.165, 1.54) is 7.11 Å². The van der Waals surface area contributed by atoms with E-state index in [1.54, 1.807) is 0 Å². The Morgan fingerprint density at radius 2 is 2.36 bits per heavy atom. The Kier molecular flexibility index (Phi) is 2.49. The summed E-state index contributed by atoms with van der Waals surface area (Å²) < 4.78 is 4.61. The van der Waals surface area contributed by atoms with Gasteiger partial charge in [-0.1, -0.05) is 13.8 Å². The normalized spacial score (nSPS) is 28.7. The summed E-state index contributed by atoms with van der Waals surface area (Å²) in [7, 11) is 1.44. The first-order chi connectivity index (χ1) is 5.15. The van der Waals surface area contributed by atoms with E-state index < -0.39 is 0 Å². The number of esters is 1. The van der Waals surface area contributed by atoms with Gasteiger partial charge in [0.05, 0.1) is 7.11 Å². The summed E-state index contributed by atoms with van der Waals surface area (Å²) in [6, 6.07) is 0.0578. The van der Waals surface area contributed by atoms with Gasteiger partial charge in [-0.15, -0.1) is 0 Å². The van der Waals surface area contributed by atoms with Crippen molar-refractivity contribution in [3.05, 3.63) is 0 Å². The summed E-state index contributed by atoms with van der Waals surface area (Å²) in [5.74, 6) is 0.537. The molecule has 0 amide bonds. The van der Waals surface area contributed by atoms with Crippen molar-refractivity contribution in [2.24, 2.45) is 5.92 Å². The number of carbonyl (C=O) groups is 1. The van der Waals surface area contributed by atoms with Crippen molar-refractivity contribution in [3.8, 4) is 0 Å². The maximum absolute atomic E-state index is 10.9. The van der Waals surface area contributed by atoms with Crippen LogP contribution in [0.25, 0.3) is 0 Å². The molecular weight excluding hydrogens is 142 g/mol. The summed E-state index contributed by atoms with van der Waals surface area (Å²) in [4.78, 5) is 13.0. The second-order valence-corrected chi connectivity index (χ2v) is 3.39. The van der Waals surface area contributed by atoms with E-state index in [0.29, 0.717) is 5.92 Å². The maximum atomic E-state index is 10.9. The van der Waals surface area contributed by atoms with Crippen molar-refractivity contribution >= 4 is 5.97 Å². The Morgan fingerprint density at radius 3 is 2.82 bits per heavy atom. The quantitative estimate of drug-likeness (QED) is 0.441. The van der Waals surface area contributed by atoms with Gasteiger partial charge in [0.1, 0.15) is 6.04 Å². The van der Waals surface area contributed by atoms with Crippen LogP contribution in [0.5, 0.6) is 0 Å². The van der Waals surface area contributed by atoms with Crippen LogP contribution in [0, 0.1) is 5.92 Å². The van der Waals surface area contributed by atoms with Crippen molar-refractivity contribution in [2.45, 2.75) is 19.9 Å². The number of carbonyl (C=O) groups excluding carboxylic acids is 1. The molecule has 1 aliphatic rings. The topological polar surface area (TPSA) is 29.3 Å². The minimum Gasteiger partial charge on any atom is -0.468 e. The monoisotopic (exact) mass is 157 g/mol. The lowest BCUT2D eigenvalue weighted by Crippen LogP contribution is -2.17. The Morgan fingerprint density at radius 1 is 1.73 bits per heavy atom. The molecule has 1 saturated heterocycles. The molecular formula is C8H15NO2. The first-order valence-corrected chi connectivity index (χ1v) is 3.97. The summed E-state index contributed by atoms with van der Waals surface area (Å²) in [6.07, 6.45) is 0. The second kappa shape index (κ2) is 3.22. The standard InChI is InChI=1S/C8H15NO2/c1-6(2)4-9-5-7(9)8(10)11-3/h6-7H,4-5H2,1-3H3. The predicted molar refractivity (Wildman–Crippen MR) is 42.2 cm³/mol. The number of hydrogen-bond acceptors (Lipinski definition) is 3. The van der Waals surface area contributed by atoms with Gasteiger partial charge in [-0.3, -0.25) is 9.69 Å². The molecule has 0 aromatic carbocycles. The van der Waals surface area contributed by atoms with Crippen molar-refractivity contribution < 1.29 is 9.53 Å². The van der Waals surface area contributed by atoms with E-state index in [-0.39, 0.29) is 12.0 Å². The van der Waals surface area contributed by atoms with E-state index in [2.05, 4.69) is 23.5 Å². The van der Waals surface area contributed by atoms with Crippen LogP contribution in [-0.2, 0) is 9.53 Å². The van der Waals surface area contributed by atoms with E-state index >= 15 is 0 Å². The smallest absolute Gasteiger partial charge is 0.324 e. The van der Waals surface area contributed by atoms with Crippen LogP contribution in [0.3, 0.4) is 0 Å². The van der Waals surface area contributed by atoms with E-state index in [4.69, 9.17) is 0 Å². The molecule has 11 heavy (non-hydrogen) atoms. The molecule has 0 aromatic heterocycles. The van der Waals surface area contributed by atoms with Crippen LogP contribution in [0.15, 0.2) is 0 Å². The van der Waals surface area contributed by atoms with E-state index in [0.717, 1.165) is 13.1 Å². The number of ether oxygens (including phenoxy) is 1. The van der Waals surface area contributed by atoms with Gasteiger partial charge >= 0.3 is 5.97 Å². The van der Waals surface area contributed by atoms with Crippen LogP contribution < -0.4 is 0 Å². The molecule has 3 heteroatoms. The van der Waals surface area contributed by atoms with Crippen LogP contribution in [-0.4, -0.2) is 37.1 Å². The van der Waals surface area contributed by atoms with Crippen molar-refractivity contribution in [1.29, 1.82) is 0 Å². The largest absolute Gasteiger partial charge is 0.468 e. The highest BCUT2D eigenvalue weighted by atomic mass is 16.5. The summed E-state index contributed by atoms with van der Waals surface area (Å²) in [5.41, 5.74) is 0. The van der Waals surface area contributed by atoms with Crippen molar-refractivity contribution in [3.63, 3.8) is 0 Å². The summed E-state index contributed by atoms with van der Waals surface area (Å²) >= 11 is 0. The number of rotatable bonds is 3. The molecule has 0 saturated carbocycles. The molecule has 1 aliphatic heterocycles. The van der Waals surface area contributed by atoms with Crippen LogP contribution >= 0.6 is 0 Å². The first-order valence-electron chi connectivity index (χ1n) is 3.97. The lowest BCUT2D eigenvalue weighted by atomic mass is 10.2. The van der Waals surface area contributed by atoms with Gasteiger partial charge in [0.25, 0.3) is 0 Å². The number of nitrogens with zero attached hydrogens (tertiary/aromatic N) is 1. The molecule has 0 bridgehead atoms. The van der Waals surface area contributed by atoms with Gasteiger partial charge in [-0.2, -0.15) is 0 Å². The molecule has 3 nitrogen and oxygen atoms in total. The summed E-state index contributed by atoms with van der Waals surface area (Å²) in [5, 5.41) is 0. The van der Waals surface area contributed by atoms with E-state index in [1.807, 2.05) is 0 Å².